The summed E-state index contributed by atoms with van der Waals surface area (Å²) in [5, 5.41) is 20.8. The van der Waals surface area contributed by atoms with Crippen LogP contribution in [0.25, 0.3) is 22.3 Å². The summed E-state index contributed by atoms with van der Waals surface area (Å²) in [6, 6.07) is 10.0. The molecule has 2 aromatic heterocycles. The van der Waals surface area contributed by atoms with Crippen molar-refractivity contribution in [2.45, 2.75) is 6.92 Å². The number of ether oxygens (including phenoxy) is 1. The first-order chi connectivity index (χ1) is 13.7. The monoisotopic (exact) mass is 377 g/mol. The summed E-state index contributed by atoms with van der Waals surface area (Å²) in [4.78, 5) is 6.87. The van der Waals surface area contributed by atoms with Gasteiger partial charge in [0, 0.05) is 45.3 Å². The molecular weight excluding hydrogens is 354 g/mol. The largest absolute Gasteiger partial charge is 0.492 e. The van der Waals surface area contributed by atoms with Gasteiger partial charge in [0.1, 0.15) is 23.9 Å². The number of nitrogens with one attached hydrogen (secondary N) is 1. The SMILES string of the molecule is Cc1cc(-c2cc3c(nnn3C)c(C#N)n2)ccc1OCCN1CCNCC1. The number of fused-ring (bicyclic) bond motifs is 1. The number of hydrogen-bond donors (Lipinski definition) is 1. The minimum Gasteiger partial charge on any atom is -0.492 e. The zero-order chi connectivity index (χ0) is 19.5. The van der Waals surface area contributed by atoms with Crippen molar-refractivity contribution in [3.63, 3.8) is 0 Å². The van der Waals surface area contributed by atoms with Crippen molar-refractivity contribution in [2.24, 2.45) is 7.05 Å². The van der Waals surface area contributed by atoms with E-state index in [1.807, 2.05) is 31.2 Å². The Bertz CT molecular complexity index is 1030. The topological polar surface area (TPSA) is 91.9 Å². The van der Waals surface area contributed by atoms with E-state index in [0.29, 0.717) is 12.1 Å². The van der Waals surface area contributed by atoms with Crippen molar-refractivity contribution >= 4 is 11.0 Å². The molecule has 0 saturated carbocycles. The van der Waals surface area contributed by atoms with Crippen LogP contribution in [0.3, 0.4) is 0 Å². The minimum absolute atomic E-state index is 0.287. The lowest BCUT2D eigenvalue weighted by Crippen LogP contribution is -2.44. The number of aromatic nitrogens is 4. The highest BCUT2D eigenvalue weighted by Crippen LogP contribution is 2.27. The fourth-order valence-corrected chi connectivity index (χ4v) is 3.45. The van der Waals surface area contributed by atoms with Crippen LogP contribution in [0.1, 0.15) is 11.3 Å². The molecular formula is C20H23N7O. The van der Waals surface area contributed by atoms with Gasteiger partial charge in [-0.05, 0) is 36.8 Å². The average Bonchev–Trinajstić information content (AvgIpc) is 3.10. The van der Waals surface area contributed by atoms with Gasteiger partial charge in [0.15, 0.2) is 5.69 Å². The average molecular weight is 377 g/mol. The Balaban J connectivity index is 1.52. The van der Waals surface area contributed by atoms with Crippen LogP contribution >= 0.6 is 0 Å². The molecule has 1 aromatic carbocycles. The molecule has 0 amide bonds. The maximum Gasteiger partial charge on any atom is 0.170 e. The number of rotatable bonds is 5. The fourth-order valence-electron chi connectivity index (χ4n) is 3.45. The summed E-state index contributed by atoms with van der Waals surface area (Å²) in [5.41, 5.74) is 4.31. The van der Waals surface area contributed by atoms with E-state index in [0.717, 1.165) is 60.8 Å². The van der Waals surface area contributed by atoms with Gasteiger partial charge >= 0.3 is 0 Å². The van der Waals surface area contributed by atoms with E-state index >= 15 is 0 Å². The highest BCUT2D eigenvalue weighted by atomic mass is 16.5. The van der Waals surface area contributed by atoms with Gasteiger partial charge in [-0.25, -0.2) is 9.67 Å². The zero-order valence-electron chi connectivity index (χ0n) is 16.1. The third kappa shape index (κ3) is 3.67. The van der Waals surface area contributed by atoms with E-state index in [4.69, 9.17) is 4.74 Å². The van der Waals surface area contributed by atoms with Crippen LogP contribution in [-0.2, 0) is 7.05 Å². The van der Waals surface area contributed by atoms with Crippen LogP contribution in [0.2, 0.25) is 0 Å². The maximum atomic E-state index is 9.40. The first-order valence-corrected chi connectivity index (χ1v) is 9.43. The summed E-state index contributed by atoms with van der Waals surface area (Å²) in [5.74, 6) is 0.877. The third-order valence-electron chi connectivity index (χ3n) is 5.05. The van der Waals surface area contributed by atoms with Gasteiger partial charge in [-0.2, -0.15) is 5.26 Å². The Kier molecular flexibility index (Phi) is 5.19. The number of hydrogen-bond acceptors (Lipinski definition) is 7. The van der Waals surface area contributed by atoms with Crippen molar-refractivity contribution in [3.05, 3.63) is 35.5 Å². The number of benzene rings is 1. The van der Waals surface area contributed by atoms with E-state index in [2.05, 4.69) is 31.6 Å². The van der Waals surface area contributed by atoms with Gasteiger partial charge in [-0.3, -0.25) is 4.90 Å². The molecule has 0 radical (unpaired) electrons. The van der Waals surface area contributed by atoms with E-state index in [1.165, 1.54) is 0 Å². The molecule has 0 bridgehead atoms. The molecule has 0 atom stereocenters. The predicted octanol–water partition coefficient (Wildman–Crippen LogP) is 1.49. The molecule has 8 nitrogen and oxygen atoms in total. The van der Waals surface area contributed by atoms with Crippen molar-refractivity contribution in [1.82, 2.24) is 30.2 Å². The first-order valence-electron chi connectivity index (χ1n) is 9.43. The third-order valence-corrected chi connectivity index (χ3v) is 5.05. The van der Waals surface area contributed by atoms with Gasteiger partial charge < -0.3 is 10.1 Å². The molecule has 3 aromatic rings. The normalized spacial score (nSPS) is 14.9. The molecule has 0 spiro atoms. The van der Waals surface area contributed by atoms with Crippen molar-refractivity contribution in [2.75, 3.05) is 39.3 Å². The minimum atomic E-state index is 0.287. The number of nitrogens with zero attached hydrogens (tertiary/aromatic N) is 6. The van der Waals surface area contributed by atoms with Crippen LogP contribution < -0.4 is 10.1 Å². The summed E-state index contributed by atoms with van der Waals surface area (Å²) < 4.78 is 7.65. The van der Waals surface area contributed by atoms with Gasteiger partial charge in [0.2, 0.25) is 0 Å². The lowest BCUT2D eigenvalue weighted by atomic mass is 10.1. The second kappa shape index (κ2) is 7.92. The Morgan fingerprint density at radius 3 is 2.82 bits per heavy atom. The molecule has 1 fully saturated rings. The summed E-state index contributed by atoms with van der Waals surface area (Å²) >= 11 is 0. The second-order valence-electron chi connectivity index (χ2n) is 6.97. The molecule has 144 valence electrons. The van der Waals surface area contributed by atoms with Gasteiger partial charge in [0.25, 0.3) is 0 Å². The smallest absolute Gasteiger partial charge is 0.170 e. The Morgan fingerprint density at radius 1 is 1.25 bits per heavy atom. The fraction of sp³-hybridized carbons (Fsp3) is 0.400. The van der Waals surface area contributed by atoms with Crippen molar-refractivity contribution in [1.29, 1.82) is 5.26 Å². The molecule has 8 heteroatoms. The van der Waals surface area contributed by atoms with E-state index < -0.39 is 0 Å². The first kappa shape index (κ1) is 18.3. The van der Waals surface area contributed by atoms with Crippen molar-refractivity contribution < 1.29 is 4.74 Å². The summed E-state index contributed by atoms with van der Waals surface area (Å²) in [6.07, 6.45) is 0. The van der Waals surface area contributed by atoms with Crippen LogP contribution in [0.5, 0.6) is 5.75 Å². The van der Waals surface area contributed by atoms with E-state index in [1.54, 1.807) is 11.7 Å². The molecule has 0 aliphatic carbocycles. The maximum absolute atomic E-state index is 9.40. The molecule has 1 aliphatic heterocycles. The van der Waals surface area contributed by atoms with Crippen LogP contribution in [0, 0.1) is 18.3 Å². The van der Waals surface area contributed by atoms with Crippen LogP contribution in [-0.4, -0.2) is 64.2 Å². The molecule has 1 aliphatic rings. The number of aryl methyl sites for hydroxylation is 2. The summed E-state index contributed by atoms with van der Waals surface area (Å²) in [7, 11) is 1.81. The molecule has 1 saturated heterocycles. The molecule has 3 heterocycles. The Morgan fingerprint density at radius 2 is 2.07 bits per heavy atom. The number of piperazine rings is 1. The lowest BCUT2D eigenvalue weighted by molar-refractivity contribution is 0.191. The molecule has 4 rings (SSSR count). The molecule has 0 unspecified atom stereocenters. The predicted molar refractivity (Wildman–Crippen MR) is 106 cm³/mol. The lowest BCUT2D eigenvalue weighted by Gasteiger charge is -2.27. The van der Waals surface area contributed by atoms with Gasteiger partial charge in [-0.1, -0.05) is 5.21 Å². The van der Waals surface area contributed by atoms with Crippen LogP contribution in [0.15, 0.2) is 24.3 Å². The summed E-state index contributed by atoms with van der Waals surface area (Å²) in [6.45, 7) is 7.85. The van der Waals surface area contributed by atoms with Gasteiger partial charge in [-0.15, -0.1) is 5.10 Å². The Labute approximate surface area is 163 Å². The number of pyridine rings is 1. The standard InChI is InChI=1S/C20H23N7O/c1-14-11-15(3-4-19(14)28-10-9-27-7-5-22-6-8-27)16-12-18-20(17(13-21)23-16)24-25-26(18)2/h3-4,11-12,22H,5-10H2,1-2H3. The second-order valence-corrected chi connectivity index (χ2v) is 6.97. The van der Waals surface area contributed by atoms with Crippen molar-refractivity contribution in [3.8, 4) is 23.1 Å². The zero-order valence-corrected chi connectivity index (χ0v) is 16.1. The highest BCUT2D eigenvalue weighted by molar-refractivity contribution is 5.83. The Hall–Kier alpha value is -3.02. The number of nitriles is 1. The highest BCUT2D eigenvalue weighted by Gasteiger charge is 2.14. The van der Waals surface area contributed by atoms with Crippen LogP contribution in [0.4, 0.5) is 0 Å². The van der Waals surface area contributed by atoms with E-state index in [9.17, 15) is 5.26 Å². The quantitative estimate of drug-likeness (QED) is 0.720. The van der Waals surface area contributed by atoms with Gasteiger partial charge in [0.05, 0.1) is 11.2 Å². The molecule has 1 N–H and O–H groups in total. The molecule has 28 heavy (non-hydrogen) atoms. The van der Waals surface area contributed by atoms with E-state index in [-0.39, 0.29) is 5.69 Å².